The number of fused-ring (bicyclic) bond motifs is 3. The molecule has 2 fully saturated rings. The molecular formula is C48H92O8Si4. The van der Waals surface area contributed by atoms with Gasteiger partial charge in [-0.05, 0) is 61.5 Å². The van der Waals surface area contributed by atoms with Gasteiger partial charge in [-0.3, -0.25) is 0 Å². The number of hydrogen-bond donors (Lipinski definition) is 1. The topological polar surface area (TPSA) is 84.8 Å². The average molecular weight is 910 g/mol. The number of aliphatic hydroxyl groups is 1. The van der Waals surface area contributed by atoms with Crippen molar-refractivity contribution in [3.63, 3.8) is 0 Å². The molecule has 0 amide bonds. The van der Waals surface area contributed by atoms with Crippen molar-refractivity contribution in [3.8, 4) is 11.5 Å². The Balaban J connectivity index is 2.09. The van der Waals surface area contributed by atoms with E-state index in [0.29, 0.717) is 45.6 Å². The Morgan fingerprint density at radius 3 is 1.45 bits per heavy atom. The molecule has 0 unspecified atom stereocenters. The van der Waals surface area contributed by atoms with E-state index in [1.54, 1.807) is 0 Å². The fourth-order valence-electron chi connectivity index (χ4n) is 13.3. The van der Waals surface area contributed by atoms with E-state index >= 15 is 0 Å². The zero-order valence-corrected chi connectivity index (χ0v) is 46.9. The monoisotopic (exact) mass is 909 g/mol. The molecule has 2 saturated heterocycles. The minimum Gasteiger partial charge on any atom is -0.543 e. The minimum absolute atomic E-state index is 0.245. The van der Waals surface area contributed by atoms with Crippen LogP contribution < -0.4 is 8.85 Å². The second-order valence-corrected chi connectivity index (χ2v) is 44.7. The van der Waals surface area contributed by atoms with Crippen molar-refractivity contribution in [2.24, 2.45) is 0 Å². The van der Waals surface area contributed by atoms with Crippen LogP contribution in [0.4, 0.5) is 0 Å². The van der Waals surface area contributed by atoms with Gasteiger partial charge in [0, 0.05) is 16.1 Å². The highest BCUT2D eigenvalue weighted by Gasteiger charge is 2.69. The molecule has 348 valence electrons. The van der Waals surface area contributed by atoms with E-state index in [2.05, 4.69) is 178 Å². The van der Waals surface area contributed by atoms with Gasteiger partial charge < -0.3 is 36.7 Å². The van der Waals surface area contributed by atoms with Crippen molar-refractivity contribution in [2.45, 2.75) is 263 Å². The molecule has 3 aliphatic heterocycles. The Morgan fingerprint density at radius 2 is 1.05 bits per heavy atom. The molecule has 5 atom stereocenters. The molecule has 0 saturated carbocycles. The first-order valence-corrected chi connectivity index (χ1v) is 32.1. The first kappa shape index (κ1) is 52.1. The third-order valence-corrected chi connectivity index (χ3v) is 38.6. The number of benzene rings is 1. The fraction of sp³-hybridized carbons (Fsp3) is 0.875. The number of ether oxygens (including phenoxy) is 2. The summed E-state index contributed by atoms with van der Waals surface area (Å²) in [6, 6.07) is 4.30. The Morgan fingerprint density at radius 1 is 0.633 bits per heavy atom. The summed E-state index contributed by atoms with van der Waals surface area (Å²) in [4.78, 5) is 0. The largest absolute Gasteiger partial charge is 0.543 e. The van der Waals surface area contributed by atoms with E-state index in [1.165, 1.54) is 0 Å². The lowest BCUT2D eigenvalue weighted by atomic mass is 9.87. The molecule has 60 heavy (non-hydrogen) atoms. The van der Waals surface area contributed by atoms with Crippen LogP contribution in [0.1, 0.15) is 177 Å². The molecule has 0 aromatic heterocycles. The van der Waals surface area contributed by atoms with Crippen molar-refractivity contribution >= 4 is 33.5 Å². The zero-order valence-electron chi connectivity index (χ0n) is 42.9. The van der Waals surface area contributed by atoms with Crippen LogP contribution in [0.5, 0.6) is 11.5 Å². The molecule has 3 aliphatic rings. The molecule has 12 heteroatoms. The third kappa shape index (κ3) is 8.31. The lowest BCUT2D eigenvalue weighted by Gasteiger charge is -2.60. The predicted molar refractivity (Wildman–Crippen MR) is 259 cm³/mol. The maximum atomic E-state index is 13.5. The van der Waals surface area contributed by atoms with Gasteiger partial charge in [-0.25, -0.2) is 0 Å². The summed E-state index contributed by atoms with van der Waals surface area (Å²) >= 11 is 0. The molecule has 1 aromatic rings. The van der Waals surface area contributed by atoms with Crippen molar-refractivity contribution in [1.29, 1.82) is 0 Å². The maximum absolute atomic E-state index is 13.5. The molecule has 0 aliphatic carbocycles. The van der Waals surface area contributed by atoms with Gasteiger partial charge in [-0.1, -0.05) is 166 Å². The Bertz CT molecular complexity index is 1530. The van der Waals surface area contributed by atoms with E-state index in [0.717, 1.165) is 16.9 Å². The van der Waals surface area contributed by atoms with Crippen molar-refractivity contribution in [1.82, 2.24) is 0 Å². The van der Waals surface area contributed by atoms with Crippen molar-refractivity contribution in [3.05, 3.63) is 23.3 Å². The van der Waals surface area contributed by atoms with Crippen LogP contribution in [0.2, 0.25) is 59.9 Å². The van der Waals surface area contributed by atoms with Crippen molar-refractivity contribution < 1.29 is 36.7 Å². The normalized spacial score (nSPS) is 25.6. The van der Waals surface area contributed by atoms with Gasteiger partial charge in [-0.2, -0.15) is 0 Å². The van der Waals surface area contributed by atoms with Crippen LogP contribution in [0.3, 0.4) is 0 Å². The third-order valence-electron chi connectivity index (χ3n) is 15.4. The first-order chi connectivity index (χ1) is 27.3. The highest BCUT2D eigenvalue weighted by Crippen LogP contribution is 2.60. The van der Waals surface area contributed by atoms with Crippen molar-refractivity contribution in [2.75, 3.05) is 6.61 Å². The van der Waals surface area contributed by atoms with Gasteiger partial charge in [0.2, 0.25) is 14.1 Å². The number of hydrogen-bond acceptors (Lipinski definition) is 8. The summed E-state index contributed by atoms with van der Waals surface area (Å²) in [5.74, 6) is -0.0429. The van der Waals surface area contributed by atoms with Crippen LogP contribution in [0.15, 0.2) is 12.1 Å². The second-order valence-electron chi connectivity index (χ2n) is 23.8. The maximum Gasteiger partial charge on any atom is 0.349 e. The lowest BCUT2D eigenvalue weighted by molar-refractivity contribution is -0.371. The number of aliphatic hydroxyl groups excluding tert-OH is 1. The van der Waals surface area contributed by atoms with E-state index in [9.17, 15) is 5.11 Å². The minimum atomic E-state index is -3.01. The Labute approximate surface area is 372 Å². The summed E-state index contributed by atoms with van der Waals surface area (Å²) in [5.41, 5.74) is 4.66. The van der Waals surface area contributed by atoms with E-state index < -0.39 is 63.7 Å². The van der Waals surface area contributed by atoms with Gasteiger partial charge in [0.1, 0.15) is 35.9 Å². The summed E-state index contributed by atoms with van der Waals surface area (Å²) in [6.07, 6.45) is -3.06. The molecule has 1 spiro atoms. The predicted octanol–water partition coefficient (Wildman–Crippen LogP) is 14.3. The Kier molecular flexibility index (Phi) is 15.6. The summed E-state index contributed by atoms with van der Waals surface area (Å²) in [5, 5.41) is 13.0. The summed E-state index contributed by atoms with van der Waals surface area (Å²) < 4.78 is 52.1. The Hall–Kier alpha value is -0.552. The quantitative estimate of drug-likeness (QED) is 0.174. The molecule has 0 bridgehead atoms. The smallest absolute Gasteiger partial charge is 0.349 e. The fourth-order valence-corrected chi connectivity index (χ4v) is 34.3. The highest BCUT2D eigenvalue weighted by atomic mass is 28.4. The second kappa shape index (κ2) is 18.0. The summed E-state index contributed by atoms with van der Waals surface area (Å²) in [6.45, 7) is 55.7. The number of rotatable bonds is 15. The molecular weight excluding hydrogens is 817 g/mol. The molecule has 1 aromatic carbocycles. The highest BCUT2D eigenvalue weighted by molar-refractivity contribution is 6.79. The zero-order chi connectivity index (χ0) is 46.1. The molecule has 1 N–H and O–H groups in total. The average Bonchev–Trinajstić information content (AvgIpc) is 3.45. The van der Waals surface area contributed by atoms with Gasteiger partial charge in [-0.15, -0.1) is 0 Å². The SMILES string of the molecule is CC(C)[Si](Oc1cc2c(c(O[Si](C(C)C)(C(C)C)C(C)C)c1)[C@]1(OC2)O[C@@H]2CO[Si](C(C)(C)C)(C(C)(C)C)O[C@H]2[C@H](O[Si](C(C)C)(C(C)C)C(C)C)[C@H]1O)(C(C)C)C(C)C. The van der Waals surface area contributed by atoms with Crippen LogP contribution in [-0.2, 0) is 35.1 Å². The van der Waals surface area contributed by atoms with Gasteiger partial charge >= 0.3 is 8.56 Å². The standard InChI is InChI=1S/C48H92O8Si4/c1-29(2)57(30(3)4,31(5)6)53-39-25-38-27-50-48(42(38)40(26-39)54-58(32(7)8,33(9)10)34(11)12)45(49)44(55-59(35(13)14,36(15)16)37(17)18)43-41(52-48)28-51-60(56-43,46(19,20)21)47(22,23)24/h25-26,29-37,41,43-45,49H,27-28H2,1-24H3/t41-,43-,44+,45-,48+/m1/s1. The van der Waals surface area contributed by atoms with Gasteiger partial charge in [0.25, 0.3) is 16.6 Å². The van der Waals surface area contributed by atoms with Gasteiger partial charge in [0.15, 0.2) is 0 Å². The van der Waals surface area contributed by atoms with E-state index in [1.807, 2.05) is 0 Å². The molecule has 0 radical (unpaired) electrons. The molecule has 8 nitrogen and oxygen atoms in total. The van der Waals surface area contributed by atoms with Gasteiger partial charge in [0.05, 0.1) is 18.8 Å². The van der Waals surface area contributed by atoms with E-state index in [4.69, 9.17) is 31.6 Å². The molecule has 4 rings (SSSR count). The van der Waals surface area contributed by atoms with E-state index in [-0.39, 0.29) is 33.3 Å². The van der Waals surface area contributed by atoms with Crippen LogP contribution in [-0.4, -0.2) is 69.6 Å². The van der Waals surface area contributed by atoms with Crippen LogP contribution in [0, 0.1) is 0 Å². The summed E-state index contributed by atoms with van der Waals surface area (Å²) in [7, 11) is -10.5. The van der Waals surface area contributed by atoms with Crippen LogP contribution >= 0.6 is 0 Å². The first-order valence-electron chi connectivity index (χ1n) is 23.8. The van der Waals surface area contributed by atoms with Crippen LogP contribution in [0.25, 0.3) is 0 Å². The molecule has 3 heterocycles. The lowest BCUT2D eigenvalue weighted by Crippen LogP contribution is -2.74.